The summed E-state index contributed by atoms with van der Waals surface area (Å²) in [4.78, 5) is 12.1. The highest BCUT2D eigenvalue weighted by molar-refractivity contribution is 5.81. The van der Waals surface area contributed by atoms with Gasteiger partial charge in [0, 0.05) is 5.69 Å². The second-order valence-electron chi connectivity index (χ2n) is 4.69. The van der Waals surface area contributed by atoms with Crippen LogP contribution in [0.15, 0.2) is 48.5 Å². The number of nitrogens with one attached hydrogen (secondary N) is 1. The first kappa shape index (κ1) is 15.7. The Balaban J connectivity index is 1.92. The molecular formula is C17H19NO4. The van der Waals surface area contributed by atoms with Crippen LogP contribution in [-0.2, 0) is 4.79 Å². The monoisotopic (exact) mass is 301 g/mol. The minimum absolute atomic E-state index is 0.360. The standard InChI is InChI=1S/C17H19NO4/c1-12(18-13-4-6-14(20-2)7-5-13)17(19)22-16-10-8-15(21-3)9-11-16/h4-12,18H,1-3H3. The molecule has 0 bridgehead atoms. The Labute approximate surface area is 129 Å². The Morgan fingerprint density at radius 2 is 1.32 bits per heavy atom. The molecule has 0 saturated heterocycles. The van der Waals surface area contributed by atoms with Gasteiger partial charge in [0.1, 0.15) is 23.3 Å². The second-order valence-corrected chi connectivity index (χ2v) is 4.69. The van der Waals surface area contributed by atoms with Gasteiger partial charge in [-0.25, -0.2) is 4.79 Å². The van der Waals surface area contributed by atoms with Gasteiger partial charge in [-0.15, -0.1) is 0 Å². The molecule has 0 aliphatic heterocycles. The predicted molar refractivity (Wildman–Crippen MR) is 84.7 cm³/mol. The summed E-state index contributed by atoms with van der Waals surface area (Å²) in [6.07, 6.45) is 0. The highest BCUT2D eigenvalue weighted by atomic mass is 16.5. The molecule has 2 rings (SSSR count). The zero-order chi connectivity index (χ0) is 15.9. The molecule has 0 fully saturated rings. The molecule has 0 spiro atoms. The van der Waals surface area contributed by atoms with E-state index in [9.17, 15) is 4.79 Å². The van der Waals surface area contributed by atoms with Crippen molar-refractivity contribution in [1.82, 2.24) is 0 Å². The number of benzene rings is 2. The normalized spacial score (nSPS) is 11.4. The van der Waals surface area contributed by atoms with Crippen molar-refractivity contribution in [3.63, 3.8) is 0 Å². The van der Waals surface area contributed by atoms with Crippen LogP contribution in [0.4, 0.5) is 5.69 Å². The van der Waals surface area contributed by atoms with Crippen LogP contribution in [0.2, 0.25) is 0 Å². The van der Waals surface area contributed by atoms with Crippen molar-refractivity contribution < 1.29 is 19.0 Å². The maximum Gasteiger partial charge on any atom is 0.333 e. The number of methoxy groups -OCH3 is 2. The van der Waals surface area contributed by atoms with E-state index in [1.165, 1.54) is 0 Å². The number of rotatable bonds is 6. The fourth-order valence-corrected chi connectivity index (χ4v) is 1.84. The van der Waals surface area contributed by atoms with Crippen molar-refractivity contribution in [2.45, 2.75) is 13.0 Å². The number of esters is 1. The Morgan fingerprint density at radius 3 is 1.82 bits per heavy atom. The lowest BCUT2D eigenvalue weighted by Crippen LogP contribution is -2.30. The molecule has 1 N–H and O–H groups in total. The molecule has 2 aromatic rings. The van der Waals surface area contributed by atoms with E-state index in [2.05, 4.69) is 5.32 Å². The molecule has 5 heteroatoms. The highest BCUT2D eigenvalue weighted by Crippen LogP contribution is 2.19. The molecule has 116 valence electrons. The smallest absolute Gasteiger partial charge is 0.333 e. The average molecular weight is 301 g/mol. The average Bonchev–Trinajstić information content (AvgIpc) is 2.56. The van der Waals surface area contributed by atoms with Crippen molar-refractivity contribution in [2.75, 3.05) is 19.5 Å². The van der Waals surface area contributed by atoms with E-state index in [0.717, 1.165) is 11.4 Å². The summed E-state index contributed by atoms with van der Waals surface area (Å²) in [5, 5.41) is 3.08. The molecule has 0 saturated carbocycles. The van der Waals surface area contributed by atoms with Crippen LogP contribution in [0.1, 0.15) is 6.92 Å². The van der Waals surface area contributed by atoms with E-state index in [1.807, 2.05) is 24.3 Å². The lowest BCUT2D eigenvalue weighted by molar-refractivity contribution is -0.134. The first-order valence-corrected chi connectivity index (χ1v) is 6.88. The van der Waals surface area contributed by atoms with Gasteiger partial charge in [-0.05, 0) is 55.5 Å². The molecule has 0 amide bonds. The molecule has 0 aromatic heterocycles. The van der Waals surface area contributed by atoms with E-state index >= 15 is 0 Å². The molecule has 2 aromatic carbocycles. The van der Waals surface area contributed by atoms with Crippen LogP contribution in [0, 0.1) is 0 Å². The zero-order valence-corrected chi connectivity index (χ0v) is 12.8. The van der Waals surface area contributed by atoms with Crippen LogP contribution in [-0.4, -0.2) is 26.2 Å². The van der Waals surface area contributed by atoms with Gasteiger partial charge in [-0.3, -0.25) is 0 Å². The third-order valence-electron chi connectivity index (χ3n) is 3.10. The Hall–Kier alpha value is -2.69. The Kier molecular flexibility index (Phi) is 5.25. The number of carbonyl (C=O) groups is 1. The summed E-state index contributed by atoms with van der Waals surface area (Å²) in [6.45, 7) is 1.75. The van der Waals surface area contributed by atoms with Gasteiger partial charge >= 0.3 is 5.97 Å². The summed E-state index contributed by atoms with van der Waals surface area (Å²) in [5.41, 5.74) is 0.819. The third-order valence-corrected chi connectivity index (χ3v) is 3.10. The highest BCUT2D eigenvalue weighted by Gasteiger charge is 2.15. The van der Waals surface area contributed by atoms with Crippen molar-refractivity contribution in [3.05, 3.63) is 48.5 Å². The molecular weight excluding hydrogens is 282 g/mol. The molecule has 22 heavy (non-hydrogen) atoms. The van der Waals surface area contributed by atoms with Gasteiger partial charge < -0.3 is 19.5 Å². The van der Waals surface area contributed by atoms with Gasteiger partial charge in [0.05, 0.1) is 14.2 Å². The maximum absolute atomic E-state index is 12.1. The first-order valence-electron chi connectivity index (χ1n) is 6.88. The predicted octanol–water partition coefficient (Wildman–Crippen LogP) is 3.11. The number of hydrogen-bond acceptors (Lipinski definition) is 5. The quantitative estimate of drug-likeness (QED) is 0.656. The van der Waals surface area contributed by atoms with E-state index in [4.69, 9.17) is 14.2 Å². The third kappa shape index (κ3) is 4.15. The largest absolute Gasteiger partial charge is 0.497 e. The molecule has 0 heterocycles. The number of anilines is 1. The first-order chi connectivity index (χ1) is 10.6. The number of hydrogen-bond donors (Lipinski definition) is 1. The molecule has 5 nitrogen and oxygen atoms in total. The molecule has 0 radical (unpaired) electrons. The maximum atomic E-state index is 12.1. The Bertz CT molecular complexity index is 608. The van der Waals surface area contributed by atoms with Gasteiger partial charge in [-0.2, -0.15) is 0 Å². The Morgan fingerprint density at radius 1 is 0.864 bits per heavy atom. The molecule has 0 aliphatic rings. The topological polar surface area (TPSA) is 56.8 Å². The second kappa shape index (κ2) is 7.36. The van der Waals surface area contributed by atoms with Gasteiger partial charge in [-0.1, -0.05) is 0 Å². The molecule has 1 unspecified atom stereocenters. The summed E-state index contributed by atoms with van der Waals surface area (Å²) >= 11 is 0. The minimum atomic E-state index is -0.476. The number of carbonyl (C=O) groups excluding carboxylic acids is 1. The fraction of sp³-hybridized carbons (Fsp3) is 0.235. The molecule has 1 atom stereocenters. The van der Waals surface area contributed by atoms with Crippen LogP contribution in [0.5, 0.6) is 17.2 Å². The van der Waals surface area contributed by atoms with Crippen LogP contribution < -0.4 is 19.5 Å². The lowest BCUT2D eigenvalue weighted by atomic mass is 10.2. The van der Waals surface area contributed by atoms with E-state index in [0.29, 0.717) is 11.5 Å². The SMILES string of the molecule is COc1ccc(NC(C)C(=O)Oc2ccc(OC)cc2)cc1. The summed E-state index contributed by atoms with van der Waals surface area (Å²) in [5.74, 6) is 1.60. The van der Waals surface area contributed by atoms with Crippen molar-refractivity contribution >= 4 is 11.7 Å². The van der Waals surface area contributed by atoms with Gasteiger partial charge in [0.15, 0.2) is 0 Å². The fourth-order valence-electron chi connectivity index (χ4n) is 1.84. The van der Waals surface area contributed by atoms with Crippen molar-refractivity contribution in [1.29, 1.82) is 0 Å². The van der Waals surface area contributed by atoms with Crippen LogP contribution in [0.25, 0.3) is 0 Å². The summed E-state index contributed by atoms with van der Waals surface area (Å²) < 4.78 is 15.5. The van der Waals surface area contributed by atoms with E-state index in [1.54, 1.807) is 45.4 Å². The van der Waals surface area contributed by atoms with Crippen LogP contribution in [0.3, 0.4) is 0 Å². The molecule has 0 aliphatic carbocycles. The van der Waals surface area contributed by atoms with Gasteiger partial charge in [0.2, 0.25) is 0 Å². The number of ether oxygens (including phenoxy) is 3. The summed E-state index contributed by atoms with van der Waals surface area (Å²) in [6, 6.07) is 13.7. The minimum Gasteiger partial charge on any atom is -0.497 e. The van der Waals surface area contributed by atoms with Gasteiger partial charge in [0.25, 0.3) is 0 Å². The van der Waals surface area contributed by atoms with E-state index < -0.39 is 6.04 Å². The van der Waals surface area contributed by atoms with Crippen molar-refractivity contribution in [2.24, 2.45) is 0 Å². The van der Waals surface area contributed by atoms with Crippen LogP contribution >= 0.6 is 0 Å². The van der Waals surface area contributed by atoms with E-state index in [-0.39, 0.29) is 5.97 Å². The zero-order valence-electron chi connectivity index (χ0n) is 12.8. The summed E-state index contributed by atoms with van der Waals surface area (Å²) in [7, 11) is 3.19. The lowest BCUT2D eigenvalue weighted by Gasteiger charge is -2.14. The van der Waals surface area contributed by atoms with Crippen molar-refractivity contribution in [3.8, 4) is 17.2 Å².